The highest BCUT2D eigenvalue weighted by Crippen LogP contribution is 2.19. The number of halogens is 1. The van der Waals surface area contributed by atoms with E-state index in [1.54, 1.807) is 36.4 Å². The highest BCUT2D eigenvalue weighted by atomic mass is 19.1. The summed E-state index contributed by atoms with van der Waals surface area (Å²) >= 11 is 0. The predicted molar refractivity (Wildman–Crippen MR) is 105 cm³/mol. The minimum Gasteiger partial charge on any atom is -0.488 e. The van der Waals surface area contributed by atoms with Crippen molar-refractivity contribution < 1.29 is 18.8 Å². The van der Waals surface area contributed by atoms with Crippen molar-refractivity contribution in [3.63, 3.8) is 0 Å². The van der Waals surface area contributed by atoms with Crippen LogP contribution in [-0.2, 0) is 6.61 Å². The second-order valence-corrected chi connectivity index (χ2v) is 5.96. The first-order valence-electron chi connectivity index (χ1n) is 8.57. The number of hydrogen-bond donors (Lipinski definition) is 1. The third kappa shape index (κ3) is 5.46. The molecule has 8 heteroatoms. The Balaban J connectivity index is 1.62. The van der Waals surface area contributed by atoms with Gasteiger partial charge >= 0.3 is 0 Å². The van der Waals surface area contributed by atoms with Gasteiger partial charge in [0.25, 0.3) is 11.6 Å². The number of benzene rings is 3. The molecule has 0 aromatic heterocycles. The van der Waals surface area contributed by atoms with E-state index in [2.05, 4.69) is 10.5 Å². The van der Waals surface area contributed by atoms with Gasteiger partial charge in [0.05, 0.1) is 11.1 Å². The van der Waals surface area contributed by atoms with Crippen LogP contribution in [0, 0.1) is 15.9 Å². The summed E-state index contributed by atoms with van der Waals surface area (Å²) in [6, 6.07) is 18.3. The van der Waals surface area contributed by atoms with Crippen molar-refractivity contribution in [1.29, 1.82) is 0 Å². The Morgan fingerprint density at radius 2 is 1.76 bits per heavy atom. The normalized spacial score (nSPS) is 10.7. The Morgan fingerprint density at radius 1 is 1.07 bits per heavy atom. The molecule has 0 saturated heterocycles. The van der Waals surface area contributed by atoms with Gasteiger partial charge in [-0.25, -0.2) is 9.82 Å². The van der Waals surface area contributed by atoms with Gasteiger partial charge in [-0.3, -0.25) is 14.9 Å². The SMILES string of the molecule is O=C(N/N=C\c1ccccc1OCc1ccc([N+](=O)[O-])cc1)c1ccc(F)cc1. The zero-order chi connectivity index (χ0) is 20.6. The number of para-hydroxylation sites is 1. The molecule has 0 fully saturated rings. The molecule has 0 saturated carbocycles. The van der Waals surface area contributed by atoms with E-state index >= 15 is 0 Å². The van der Waals surface area contributed by atoms with Crippen molar-refractivity contribution in [3.05, 3.63) is 105 Å². The molecule has 0 aliphatic carbocycles. The molecular weight excluding hydrogens is 377 g/mol. The van der Waals surface area contributed by atoms with Crippen molar-refractivity contribution in [3.8, 4) is 5.75 Å². The summed E-state index contributed by atoms with van der Waals surface area (Å²) in [6.07, 6.45) is 1.44. The van der Waals surface area contributed by atoms with Crippen LogP contribution in [0.4, 0.5) is 10.1 Å². The summed E-state index contributed by atoms with van der Waals surface area (Å²) < 4.78 is 18.7. The fourth-order valence-corrected chi connectivity index (χ4v) is 2.42. The molecule has 1 amide bonds. The first kappa shape index (κ1) is 19.7. The molecule has 3 rings (SSSR count). The molecule has 0 aliphatic rings. The second-order valence-electron chi connectivity index (χ2n) is 5.96. The van der Waals surface area contributed by atoms with Gasteiger partial charge in [0.2, 0.25) is 0 Å². The maximum Gasteiger partial charge on any atom is 0.271 e. The topological polar surface area (TPSA) is 93.8 Å². The minimum atomic E-state index is -0.467. The summed E-state index contributed by atoms with van der Waals surface area (Å²) in [7, 11) is 0. The van der Waals surface area contributed by atoms with Gasteiger partial charge < -0.3 is 4.74 Å². The van der Waals surface area contributed by atoms with E-state index in [4.69, 9.17) is 4.74 Å². The molecule has 0 atom stereocenters. The lowest BCUT2D eigenvalue weighted by molar-refractivity contribution is -0.384. The van der Waals surface area contributed by atoms with Gasteiger partial charge in [-0.05, 0) is 54.1 Å². The van der Waals surface area contributed by atoms with Crippen LogP contribution in [0.15, 0.2) is 77.9 Å². The van der Waals surface area contributed by atoms with Gasteiger partial charge in [0.1, 0.15) is 18.2 Å². The number of carbonyl (C=O) groups excluding carboxylic acids is 1. The average Bonchev–Trinajstić information content (AvgIpc) is 2.73. The van der Waals surface area contributed by atoms with Crippen LogP contribution < -0.4 is 10.2 Å². The zero-order valence-corrected chi connectivity index (χ0v) is 15.1. The van der Waals surface area contributed by atoms with E-state index in [1.807, 2.05) is 0 Å². The summed E-state index contributed by atoms with van der Waals surface area (Å²) in [4.78, 5) is 22.2. The van der Waals surface area contributed by atoms with Gasteiger partial charge in [-0.15, -0.1) is 0 Å². The van der Waals surface area contributed by atoms with Crippen molar-refractivity contribution in [2.24, 2.45) is 5.10 Å². The Bertz CT molecular complexity index is 1030. The number of nitro groups is 1. The maximum atomic E-state index is 12.9. The van der Waals surface area contributed by atoms with Crippen LogP contribution in [0.3, 0.4) is 0 Å². The lowest BCUT2D eigenvalue weighted by Gasteiger charge is -2.09. The highest BCUT2D eigenvalue weighted by Gasteiger charge is 2.07. The van der Waals surface area contributed by atoms with E-state index in [-0.39, 0.29) is 17.9 Å². The first-order valence-corrected chi connectivity index (χ1v) is 8.57. The lowest BCUT2D eigenvalue weighted by atomic mass is 10.2. The van der Waals surface area contributed by atoms with E-state index in [1.165, 1.54) is 42.6 Å². The first-order chi connectivity index (χ1) is 14.0. The molecule has 0 aliphatic heterocycles. The molecule has 146 valence electrons. The number of hydrogen-bond acceptors (Lipinski definition) is 5. The number of amides is 1. The lowest BCUT2D eigenvalue weighted by Crippen LogP contribution is -2.17. The summed E-state index contributed by atoms with van der Waals surface area (Å²) in [6.45, 7) is 0.213. The fraction of sp³-hybridized carbons (Fsp3) is 0.0476. The molecule has 29 heavy (non-hydrogen) atoms. The molecule has 0 radical (unpaired) electrons. The van der Waals surface area contributed by atoms with Crippen molar-refractivity contribution in [2.75, 3.05) is 0 Å². The Labute approximate surface area is 165 Å². The van der Waals surface area contributed by atoms with Crippen LogP contribution in [0.5, 0.6) is 5.75 Å². The van der Waals surface area contributed by atoms with Crippen molar-refractivity contribution in [2.45, 2.75) is 6.61 Å². The second kappa shape index (κ2) is 9.23. The molecule has 0 heterocycles. The molecule has 3 aromatic carbocycles. The molecule has 1 N–H and O–H groups in total. The Morgan fingerprint density at radius 3 is 2.45 bits per heavy atom. The number of nitrogens with zero attached hydrogens (tertiary/aromatic N) is 2. The van der Waals surface area contributed by atoms with Gasteiger partial charge in [0.15, 0.2) is 0 Å². The Kier molecular flexibility index (Phi) is 6.26. The van der Waals surface area contributed by atoms with E-state index in [0.717, 1.165) is 5.56 Å². The van der Waals surface area contributed by atoms with Gasteiger partial charge in [0, 0.05) is 23.3 Å². The van der Waals surface area contributed by atoms with Crippen LogP contribution in [0.2, 0.25) is 0 Å². The van der Waals surface area contributed by atoms with E-state index < -0.39 is 16.6 Å². The molecule has 7 nitrogen and oxygen atoms in total. The standard InChI is InChI=1S/C21H16FN3O4/c22-18-9-7-16(8-10-18)21(26)24-23-13-17-3-1-2-4-20(17)29-14-15-5-11-19(12-6-15)25(27)28/h1-13H,14H2,(H,24,26)/b23-13-. The van der Waals surface area contributed by atoms with Crippen molar-refractivity contribution in [1.82, 2.24) is 5.43 Å². The van der Waals surface area contributed by atoms with E-state index in [0.29, 0.717) is 11.3 Å². The predicted octanol–water partition coefficient (Wildman–Crippen LogP) is 4.08. The fourth-order valence-electron chi connectivity index (χ4n) is 2.42. The van der Waals surface area contributed by atoms with Gasteiger partial charge in [-0.1, -0.05) is 12.1 Å². The number of carbonyl (C=O) groups is 1. The molecule has 0 spiro atoms. The van der Waals surface area contributed by atoms with Gasteiger partial charge in [-0.2, -0.15) is 5.10 Å². The molecular formula is C21H16FN3O4. The number of hydrazone groups is 1. The van der Waals surface area contributed by atoms with Crippen LogP contribution in [0.25, 0.3) is 0 Å². The quantitative estimate of drug-likeness (QED) is 0.372. The summed E-state index contributed by atoms with van der Waals surface area (Å²) in [5, 5.41) is 14.6. The van der Waals surface area contributed by atoms with Crippen molar-refractivity contribution >= 4 is 17.8 Å². The average molecular weight is 393 g/mol. The smallest absolute Gasteiger partial charge is 0.271 e. The largest absolute Gasteiger partial charge is 0.488 e. The minimum absolute atomic E-state index is 0.0122. The monoisotopic (exact) mass is 393 g/mol. The highest BCUT2D eigenvalue weighted by molar-refractivity contribution is 5.95. The number of nitrogens with one attached hydrogen (secondary N) is 1. The van der Waals surface area contributed by atoms with E-state index in [9.17, 15) is 19.3 Å². The maximum absolute atomic E-state index is 12.9. The van der Waals surface area contributed by atoms with Crippen LogP contribution in [-0.4, -0.2) is 17.0 Å². The van der Waals surface area contributed by atoms with Crippen LogP contribution >= 0.6 is 0 Å². The number of nitro benzene ring substituents is 1. The number of non-ortho nitro benzene ring substituents is 1. The molecule has 0 bridgehead atoms. The number of ether oxygens (including phenoxy) is 1. The third-order valence-electron chi connectivity index (χ3n) is 3.94. The Hall–Kier alpha value is -4.07. The third-order valence-corrected chi connectivity index (χ3v) is 3.94. The summed E-state index contributed by atoms with van der Waals surface area (Å²) in [5.41, 5.74) is 4.07. The number of rotatable bonds is 7. The molecule has 0 unspecified atom stereocenters. The molecule has 3 aromatic rings. The summed E-state index contributed by atoms with van der Waals surface area (Å²) in [5.74, 6) is -0.361. The van der Waals surface area contributed by atoms with Crippen LogP contribution in [0.1, 0.15) is 21.5 Å². The zero-order valence-electron chi connectivity index (χ0n) is 15.1.